The second-order valence-corrected chi connectivity index (χ2v) is 3.53. The van der Waals surface area contributed by atoms with Crippen molar-refractivity contribution < 1.29 is 9.90 Å². The molecule has 0 saturated heterocycles. The predicted molar refractivity (Wildman–Crippen MR) is 49.1 cm³/mol. The highest BCUT2D eigenvalue weighted by molar-refractivity contribution is 5.85. The van der Waals surface area contributed by atoms with Crippen molar-refractivity contribution >= 4 is 5.97 Å². The number of carboxylic acid groups (broad SMARTS) is 1. The van der Waals surface area contributed by atoms with Gasteiger partial charge in [-0.15, -0.1) is 0 Å². The van der Waals surface area contributed by atoms with Gasteiger partial charge in [-0.1, -0.05) is 6.08 Å². The van der Waals surface area contributed by atoms with E-state index in [9.17, 15) is 4.79 Å². The standard InChI is InChI=1S/C9H17NO2/c1-7(8(11)12)5-6-9(2,3)10-4/h5,10H,6H2,1-4H3,(H,11,12). The fourth-order valence-corrected chi connectivity index (χ4v) is 0.598. The van der Waals surface area contributed by atoms with Crippen LogP contribution in [0.2, 0.25) is 0 Å². The van der Waals surface area contributed by atoms with Crippen molar-refractivity contribution in [2.24, 2.45) is 0 Å². The molecule has 0 aromatic carbocycles. The third-order valence-corrected chi connectivity index (χ3v) is 1.93. The largest absolute Gasteiger partial charge is 0.478 e. The predicted octanol–water partition coefficient (Wildman–Crippen LogP) is 1.41. The molecule has 0 atom stereocenters. The van der Waals surface area contributed by atoms with Crippen molar-refractivity contribution in [1.29, 1.82) is 0 Å². The second kappa shape index (κ2) is 4.26. The Morgan fingerprint density at radius 3 is 2.42 bits per heavy atom. The maximum Gasteiger partial charge on any atom is 0.330 e. The van der Waals surface area contributed by atoms with Crippen LogP contribution >= 0.6 is 0 Å². The minimum Gasteiger partial charge on any atom is -0.478 e. The quantitative estimate of drug-likeness (QED) is 0.629. The number of rotatable bonds is 4. The molecule has 0 bridgehead atoms. The minimum absolute atomic E-state index is 0.0310. The van der Waals surface area contributed by atoms with Crippen LogP contribution in [0.15, 0.2) is 11.6 Å². The Bertz CT molecular complexity index is 195. The van der Waals surface area contributed by atoms with Crippen LogP contribution in [0.25, 0.3) is 0 Å². The lowest BCUT2D eigenvalue weighted by Crippen LogP contribution is -2.35. The smallest absolute Gasteiger partial charge is 0.330 e. The van der Waals surface area contributed by atoms with Gasteiger partial charge in [-0.3, -0.25) is 0 Å². The summed E-state index contributed by atoms with van der Waals surface area (Å²) in [5.41, 5.74) is 0.370. The van der Waals surface area contributed by atoms with Gasteiger partial charge in [0.05, 0.1) is 0 Å². The molecular weight excluding hydrogens is 154 g/mol. The van der Waals surface area contributed by atoms with Gasteiger partial charge in [0.25, 0.3) is 0 Å². The number of carbonyl (C=O) groups is 1. The molecule has 0 aromatic heterocycles. The fraction of sp³-hybridized carbons (Fsp3) is 0.667. The van der Waals surface area contributed by atoms with E-state index in [1.54, 1.807) is 13.0 Å². The molecule has 0 aliphatic heterocycles. The van der Waals surface area contributed by atoms with E-state index < -0.39 is 5.97 Å². The summed E-state index contributed by atoms with van der Waals surface area (Å²) in [4.78, 5) is 10.4. The van der Waals surface area contributed by atoms with Gasteiger partial charge in [0.1, 0.15) is 0 Å². The lowest BCUT2D eigenvalue weighted by Gasteiger charge is -2.21. The van der Waals surface area contributed by atoms with E-state index in [0.717, 1.165) is 6.42 Å². The minimum atomic E-state index is -0.845. The van der Waals surface area contributed by atoms with Gasteiger partial charge >= 0.3 is 5.97 Å². The molecule has 0 radical (unpaired) electrons. The number of aliphatic carboxylic acids is 1. The summed E-state index contributed by atoms with van der Waals surface area (Å²) in [5.74, 6) is -0.845. The highest BCUT2D eigenvalue weighted by atomic mass is 16.4. The molecule has 0 fully saturated rings. The first-order valence-corrected chi connectivity index (χ1v) is 3.98. The first-order chi connectivity index (χ1) is 5.39. The first-order valence-electron chi connectivity index (χ1n) is 3.98. The van der Waals surface area contributed by atoms with E-state index in [1.165, 1.54) is 0 Å². The Balaban J connectivity index is 4.13. The molecule has 3 nitrogen and oxygen atoms in total. The summed E-state index contributed by atoms with van der Waals surface area (Å²) >= 11 is 0. The zero-order valence-electron chi connectivity index (χ0n) is 8.14. The van der Waals surface area contributed by atoms with Gasteiger partial charge in [-0.05, 0) is 34.2 Å². The van der Waals surface area contributed by atoms with Crippen LogP contribution in [0.4, 0.5) is 0 Å². The van der Waals surface area contributed by atoms with E-state index in [4.69, 9.17) is 5.11 Å². The Labute approximate surface area is 73.5 Å². The van der Waals surface area contributed by atoms with Crippen LogP contribution in [-0.4, -0.2) is 23.7 Å². The van der Waals surface area contributed by atoms with Crippen molar-refractivity contribution in [3.05, 3.63) is 11.6 Å². The number of hydrogen-bond acceptors (Lipinski definition) is 2. The van der Waals surface area contributed by atoms with E-state index >= 15 is 0 Å². The normalized spacial score (nSPS) is 13.2. The van der Waals surface area contributed by atoms with Gasteiger partial charge < -0.3 is 10.4 Å². The Morgan fingerprint density at radius 2 is 2.08 bits per heavy atom. The zero-order chi connectivity index (χ0) is 9.78. The average molecular weight is 171 g/mol. The van der Waals surface area contributed by atoms with Crippen molar-refractivity contribution in [3.8, 4) is 0 Å². The monoisotopic (exact) mass is 171 g/mol. The van der Waals surface area contributed by atoms with Crippen molar-refractivity contribution in [2.75, 3.05) is 7.05 Å². The lowest BCUT2D eigenvalue weighted by atomic mass is 9.99. The molecule has 0 spiro atoms. The SMILES string of the molecule is CNC(C)(C)CC=C(C)C(=O)O. The molecule has 0 aliphatic rings. The molecule has 0 aliphatic carbocycles. The van der Waals surface area contributed by atoms with Crippen LogP contribution in [0.1, 0.15) is 27.2 Å². The molecule has 0 heterocycles. The molecule has 0 saturated carbocycles. The highest BCUT2D eigenvalue weighted by Gasteiger charge is 2.12. The Hall–Kier alpha value is -0.830. The summed E-state index contributed by atoms with van der Waals surface area (Å²) < 4.78 is 0. The van der Waals surface area contributed by atoms with E-state index in [2.05, 4.69) is 5.32 Å². The van der Waals surface area contributed by atoms with E-state index in [1.807, 2.05) is 20.9 Å². The molecule has 2 N–H and O–H groups in total. The number of carboxylic acids is 1. The molecule has 0 aromatic rings. The van der Waals surface area contributed by atoms with Gasteiger partial charge in [0, 0.05) is 11.1 Å². The highest BCUT2D eigenvalue weighted by Crippen LogP contribution is 2.09. The zero-order valence-corrected chi connectivity index (χ0v) is 8.14. The summed E-state index contributed by atoms with van der Waals surface area (Å²) in [6.07, 6.45) is 2.46. The molecule has 70 valence electrons. The first kappa shape index (κ1) is 11.2. The Morgan fingerprint density at radius 1 is 1.58 bits per heavy atom. The van der Waals surface area contributed by atoms with Crippen molar-refractivity contribution in [3.63, 3.8) is 0 Å². The van der Waals surface area contributed by atoms with Crippen molar-refractivity contribution in [2.45, 2.75) is 32.7 Å². The fourth-order valence-electron chi connectivity index (χ4n) is 0.598. The number of hydrogen-bond donors (Lipinski definition) is 2. The second-order valence-electron chi connectivity index (χ2n) is 3.53. The maximum atomic E-state index is 10.4. The summed E-state index contributed by atoms with van der Waals surface area (Å²) in [5, 5.41) is 11.7. The van der Waals surface area contributed by atoms with Crippen LogP contribution < -0.4 is 5.32 Å². The van der Waals surface area contributed by atoms with Gasteiger partial charge in [0.2, 0.25) is 0 Å². The molecule has 12 heavy (non-hydrogen) atoms. The average Bonchev–Trinajstić information content (AvgIpc) is 2.00. The van der Waals surface area contributed by atoms with Gasteiger partial charge in [-0.25, -0.2) is 4.79 Å². The molecule has 3 heteroatoms. The van der Waals surface area contributed by atoms with Crippen LogP contribution in [0, 0.1) is 0 Å². The summed E-state index contributed by atoms with van der Waals surface area (Å²) in [6.45, 7) is 5.66. The summed E-state index contributed by atoms with van der Waals surface area (Å²) in [6, 6.07) is 0. The molecule has 0 unspecified atom stereocenters. The Kier molecular flexibility index (Phi) is 3.96. The van der Waals surface area contributed by atoms with Gasteiger partial charge in [-0.2, -0.15) is 0 Å². The van der Waals surface area contributed by atoms with Crippen LogP contribution in [0.3, 0.4) is 0 Å². The van der Waals surface area contributed by atoms with Crippen molar-refractivity contribution in [1.82, 2.24) is 5.32 Å². The maximum absolute atomic E-state index is 10.4. The van der Waals surface area contributed by atoms with E-state index in [-0.39, 0.29) is 5.54 Å². The third-order valence-electron chi connectivity index (χ3n) is 1.93. The number of nitrogens with one attached hydrogen (secondary N) is 1. The third kappa shape index (κ3) is 4.13. The van der Waals surface area contributed by atoms with Crippen LogP contribution in [0.5, 0.6) is 0 Å². The molecular formula is C9H17NO2. The summed E-state index contributed by atoms with van der Waals surface area (Å²) in [7, 11) is 1.87. The van der Waals surface area contributed by atoms with Gasteiger partial charge in [0.15, 0.2) is 0 Å². The van der Waals surface area contributed by atoms with Crippen LogP contribution in [-0.2, 0) is 4.79 Å². The van der Waals surface area contributed by atoms with E-state index in [0.29, 0.717) is 5.57 Å². The molecule has 0 amide bonds. The molecule has 0 rings (SSSR count). The lowest BCUT2D eigenvalue weighted by molar-refractivity contribution is -0.132. The topological polar surface area (TPSA) is 49.3 Å².